The van der Waals surface area contributed by atoms with E-state index in [4.69, 9.17) is 0 Å². The first-order valence-electron chi connectivity index (χ1n) is 14.7. The van der Waals surface area contributed by atoms with Gasteiger partial charge in [-0.05, 0) is 64.4 Å². The number of ether oxygens (including phenoxy) is 1. The van der Waals surface area contributed by atoms with Gasteiger partial charge in [0.2, 0.25) is 0 Å². The van der Waals surface area contributed by atoms with Crippen molar-refractivity contribution < 1.29 is 35.5 Å². The number of unbranched alkanes of at least 4 members (excludes halogenated alkanes) is 2. The molecule has 0 atom stereocenters. The van der Waals surface area contributed by atoms with E-state index in [0.29, 0.717) is 34.9 Å². The molecule has 0 heterocycles. The van der Waals surface area contributed by atoms with Crippen LogP contribution in [-0.2, 0) is 6.42 Å². The molecule has 5 aromatic rings. The molecule has 1 nitrogen and oxygen atoms in total. The summed E-state index contributed by atoms with van der Waals surface area (Å²) in [5, 5.41) is 0. The van der Waals surface area contributed by atoms with Crippen molar-refractivity contribution in [3.8, 4) is 39.1 Å². The fourth-order valence-corrected chi connectivity index (χ4v) is 5.04. The van der Waals surface area contributed by atoms with Gasteiger partial charge in [0.25, 0.3) is 0 Å². The van der Waals surface area contributed by atoms with Crippen molar-refractivity contribution in [2.75, 3.05) is 0 Å². The van der Waals surface area contributed by atoms with Gasteiger partial charge in [0.05, 0.1) is 0 Å². The van der Waals surface area contributed by atoms with Crippen LogP contribution in [0.15, 0.2) is 103 Å². The lowest BCUT2D eigenvalue weighted by atomic mass is 9.96. The molecule has 0 saturated heterocycles. The van der Waals surface area contributed by atoms with Gasteiger partial charge in [-0.2, -0.15) is 8.78 Å². The van der Waals surface area contributed by atoms with E-state index in [2.05, 4.69) is 23.8 Å². The van der Waals surface area contributed by atoms with Crippen LogP contribution >= 0.6 is 0 Å². The first-order valence-corrected chi connectivity index (χ1v) is 14.7. The summed E-state index contributed by atoms with van der Waals surface area (Å²) in [6.45, 7) is 2.16. The maximum Gasteiger partial charge on any atom is 0.419 e. The van der Waals surface area contributed by atoms with E-state index >= 15 is 8.78 Å². The molecule has 0 aromatic heterocycles. The van der Waals surface area contributed by atoms with E-state index in [1.165, 1.54) is 54.4 Å². The Hall–Kier alpha value is -4.85. The van der Waals surface area contributed by atoms with Gasteiger partial charge in [-0.1, -0.05) is 92.6 Å². The Morgan fingerprint density at radius 2 is 1.13 bits per heavy atom. The maximum absolute atomic E-state index is 15.2. The average Bonchev–Trinajstić information content (AvgIpc) is 3.03. The molecule has 0 N–H and O–H groups in total. The summed E-state index contributed by atoms with van der Waals surface area (Å²) in [5.74, 6) is -7.09. The smallest absolute Gasteiger partial charge is 0.419 e. The SMILES string of the molecule is CCCCCc1ccc(-c2ccc(-c3ccc(-c4ccc(/C=C/C(F)(F)Oc5cc(F)c(F)c(F)c5)cc4)c(F)c3)c(F)c2)cc1. The zero-order chi connectivity index (χ0) is 32.8. The first kappa shape index (κ1) is 32.5. The zero-order valence-electron chi connectivity index (χ0n) is 24.8. The molecular formula is C38H29F7O. The third kappa shape index (κ3) is 7.86. The summed E-state index contributed by atoms with van der Waals surface area (Å²) in [4.78, 5) is 0. The number of benzene rings is 5. The van der Waals surface area contributed by atoms with Gasteiger partial charge >= 0.3 is 6.11 Å². The molecule has 0 fully saturated rings. The van der Waals surface area contributed by atoms with E-state index in [1.54, 1.807) is 18.2 Å². The van der Waals surface area contributed by atoms with Crippen molar-refractivity contribution in [2.24, 2.45) is 0 Å². The second kappa shape index (κ2) is 14.1. The van der Waals surface area contributed by atoms with Crippen LogP contribution in [0, 0.1) is 29.1 Å². The van der Waals surface area contributed by atoms with E-state index in [-0.39, 0.29) is 11.1 Å². The Bertz CT molecular complexity index is 1820. The number of hydrogen-bond donors (Lipinski definition) is 0. The second-order valence-corrected chi connectivity index (χ2v) is 10.9. The van der Waals surface area contributed by atoms with Crippen LogP contribution in [0.4, 0.5) is 30.7 Å². The lowest BCUT2D eigenvalue weighted by molar-refractivity contribution is -0.131. The molecule has 0 unspecified atom stereocenters. The van der Waals surface area contributed by atoms with Crippen LogP contribution in [-0.4, -0.2) is 6.11 Å². The Balaban J connectivity index is 1.26. The van der Waals surface area contributed by atoms with Crippen LogP contribution in [0.5, 0.6) is 5.75 Å². The Kier molecular flexibility index (Phi) is 9.95. The third-order valence-corrected chi connectivity index (χ3v) is 7.51. The van der Waals surface area contributed by atoms with Crippen LogP contribution < -0.4 is 4.74 Å². The molecule has 0 saturated carbocycles. The minimum absolute atomic E-state index is 0.226. The molecular weight excluding hydrogens is 605 g/mol. The van der Waals surface area contributed by atoms with E-state index in [1.807, 2.05) is 12.1 Å². The second-order valence-electron chi connectivity index (χ2n) is 10.9. The molecule has 236 valence electrons. The number of hydrogen-bond acceptors (Lipinski definition) is 1. The zero-order valence-corrected chi connectivity index (χ0v) is 24.8. The summed E-state index contributed by atoms with van der Waals surface area (Å²) in [6, 6.07) is 23.9. The summed E-state index contributed by atoms with van der Waals surface area (Å²) >= 11 is 0. The minimum atomic E-state index is -3.97. The predicted molar refractivity (Wildman–Crippen MR) is 167 cm³/mol. The maximum atomic E-state index is 15.2. The summed E-state index contributed by atoms with van der Waals surface area (Å²) in [7, 11) is 0. The molecule has 5 rings (SSSR count). The highest BCUT2D eigenvalue weighted by molar-refractivity contribution is 5.74. The quantitative estimate of drug-likeness (QED) is 0.0798. The Morgan fingerprint density at radius 1 is 0.587 bits per heavy atom. The molecule has 0 aliphatic heterocycles. The van der Waals surface area contributed by atoms with E-state index in [0.717, 1.165) is 36.5 Å². The number of rotatable bonds is 11. The monoisotopic (exact) mass is 634 g/mol. The molecule has 0 radical (unpaired) electrons. The van der Waals surface area contributed by atoms with Crippen LogP contribution in [0.3, 0.4) is 0 Å². The standard InChI is InChI=1S/C38H29F7O/c1-2-3-4-5-24-6-10-26(11-7-24)28-14-16-32(33(39)20-28)29-15-17-31(34(40)21-29)27-12-8-25(9-13-27)18-19-38(44,45)46-30-22-35(41)37(43)36(42)23-30/h6-23H,2-5H2,1H3/b19-18+. The lowest BCUT2D eigenvalue weighted by Gasteiger charge is -2.14. The first-order chi connectivity index (χ1) is 22.0. The predicted octanol–water partition coefficient (Wildman–Crippen LogP) is 11.8. The summed E-state index contributed by atoms with van der Waals surface area (Å²) in [6.07, 6.45) is 1.87. The largest absolute Gasteiger partial charge is 0.429 e. The molecule has 0 aliphatic carbocycles. The van der Waals surface area contributed by atoms with Gasteiger partial charge < -0.3 is 4.74 Å². The van der Waals surface area contributed by atoms with E-state index < -0.39 is 40.9 Å². The average molecular weight is 635 g/mol. The van der Waals surface area contributed by atoms with Crippen molar-refractivity contribution in [3.05, 3.63) is 143 Å². The highest BCUT2D eigenvalue weighted by atomic mass is 19.3. The van der Waals surface area contributed by atoms with Crippen LogP contribution in [0.1, 0.15) is 37.3 Å². The van der Waals surface area contributed by atoms with Crippen molar-refractivity contribution in [3.63, 3.8) is 0 Å². The van der Waals surface area contributed by atoms with Crippen LogP contribution in [0.2, 0.25) is 0 Å². The molecule has 0 amide bonds. The van der Waals surface area contributed by atoms with E-state index in [9.17, 15) is 22.0 Å². The van der Waals surface area contributed by atoms with Gasteiger partial charge in [-0.25, -0.2) is 22.0 Å². The molecule has 0 bridgehead atoms. The molecule has 46 heavy (non-hydrogen) atoms. The topological polar surface area (TPSA) is 9.23 Å². The highest BCUT2D eigenvalue weighted by Crippen LogP contribution is 2.33. The van der Waals surface area contributed by atoms with Gasteiger partial charge in [0.1, 0.15) is 17.4 Å². The van der Waals surface area contributed by atoms with Crippen molar-refractivity contribution in [1.29, 1.82) is 0 Å². The number of aryl methyl sites for hydroxylation is 1. The van der Waals surface area contributed by atoms with Gasteiger partial charge in [0, 0.05) is 29.3 Å². The normalized spacial score (nSPS) is 11.7. The molecule has 0 spiro atoms. The minimum Gasteiger partial charge on any atom is -0.429 e. The summed E-state index contributed by atoms with van der Waals surface area (Å²) < 4.78 is 103. The molecule has 8 heteroatoms. The lowest BCUT2D eigenvalue weighted by Crippen LogP contribution is -2.21. The van der Waals surface area contributed by atoms with Gasteiger partial charge in [-0.3, -0.25) is 0 Å². The molecule has 5 aromatic carbocycles. The Morgan fingerprint density at radius 3 is 1.74 bits per heavy atom. The fraction of sp³-hybridized carbons (Fsp3) is 0.158. The van der Waals surface area contributed by atoms with Crippen molar-refractivity contribution >= 4 is 6.08 Å². The third-order valence-electron chi connectivity index (χ3n) is 7.51. The van der Waals surface area contributed by atoms with Crippen LogP contribution in [0.25, 0.3) is 39.5 Å². The molecule has 0 aliphatic rings. The van der Waals surface area contributed by atoms with Gasteiger partial charge in [0.15, 0.2) is 17.5 Å². The van der Waals surface area contributed by atoms with Crippen molar-refractivity contribution in [2.45, 2.75) is 38.7 Å². The Labute approximate surface area is 262 Å². The fourth-order valence-electron chi connectivity index (χ4n) is 5.04. The highest BCUT2D eigenvalue weighted by Gasteiger charge is 2.29. The summed E-state index contributed by atoms with van der Waals surface area (Å²) in [5.41, 5.74) is 4.44. The number of alkyl halides is 2. The van der Waals surface area contributed by atoms with Crippen molar-refractivity contribution in [1.82, 2.24) is 0 Å². The number of halogens is 7. The van der Waals surface area contributed by atoms with Gasteiger partial charge in [-0.15, -0.1) is 0 Å².